The zero-order valence-corrected chi connectivity index (χ0v) is 15.2. The Bertz CT molecular complexity index is 768. The molecule has 2 aromatic rings. The van der Waals surface area contributed by atoms with Crippen molar-refractivity contribution in [2.75, 3.05) is 31.5 Å². The molecule has 0 aliphatic carbocycles. The highest BCUT2D eigenvalue weighted by molar-refractivity contribution is 5.95. The number of nitrogens with one attached hydrogen (secondary N) is 2. The largest absolute Gasteiger partial charge is 0.337 e. The first-order valence-corrected chi connectivity index (χ1v) is 8.87. The van der Waals surface area contributed by atoms with Gasteiger partial charge < -0.3 is 15.2 Å². The number of Topliss-reactive ketones (excluding diaryl/α,β-unsaturated/α-hetero) is 1. The molecule has 26 heavy (non-hydrogen) atoms. The third kappa shape index (κ3) is 4.36. The summed E-state index contributed by atoms with van der Waals surface area (Å²) in [6, 6.07) is 7.15. The number of hydrogen-bond acceptors (Lipinski definition) is 5. The second-order valence-corrected chi connectivity index (χ2v) is 6.58. The van der Waals surface area contributed by atoms with E-state index in [9.17, 15) is 9.59 Å². The first-order chi connectivity index (χ1) is 12.5. The highest BCUT2D eigenvalue weighted by Crippen LogP contribution is 2.20. The number of carbonyl (C=O) groups excluding carboxylic acids is 2. The average molecular weight is 355 g/mol. The molecule has 138 valence electrons. The smallest absolute Gasteiger partial charge is 0.225 e. The Hall–Kier alpha value is -2.51. The molecular weight excluding hydrogens is 330 g/mol. The fourth-order valence-corrected chi connectivity index (χ4v) is 3.22. The lowest BCUT2D eigenvalue weighted by molar-refractivity contribution is -0.116. The van der Waals surface area contributed by atoms with Gasteiger partial charge in [0.25, 0.3) is 0 Å². The molecule has 1 saturated heterocycles. The van der Waals surface area contributed by atoms with Gasteiger partial charge in [-0.15, -0.1) is 0 Å². The van der Waals surface area contributed by atoms with Crippen LogP contribution in [0.3, 0.4) is 0 Å². The number of aryl methyl sites for hydroxylation is 1. The van der Waals surface area contributed by atoms with Crippen molar-refractivity contribution in [3.63, 3.8) is 0 Å². The number of amides is 1. The maximum atomic E-state index is 12.3. The number of carbonyl (C=O) groups is 2. The van der Waals surface area contributed by atoms with Crippen LogP contribution in [0.1, 0.15) is 35.6 Å². The molecule has 3 rings (SSSR count). The van der Waals surface area contributed by atoms with Gasteiger partial charge in [-0.25, -0.2) is 4.98 Å². The van der Waals surface area contributed by atoms with Gasteiger partial charge in [-0.2, -0.15) is 0 Å². The topological polar surface area (TPSA) is 79.3 Å². The molecule has 1 unspecified atom stereocenters. The van der Waals surface area contributed by atoms with Crippen LogP contribution in [0.5, 0.6) is 0 Å². The molecule has 2 heterocycles. The fraction of sp³-hybridized carbons (Fsp3) is 0.421. The Balaban J connectivity index is 1.55. The minimum Gasteiger partial charge on any atom is -0.337 e. The number of ketones is 1. The molecule has 1 atom stereocenters. The second kappa shape index (κ2) is 8.25. The number of imidazole rings is 1. The molecule has 2 N–H and O–H groups in total. The summed E-state index contributed by atoms with van der Waals surface area (Å²) in [7, 11) is 1.99. The van der Waals surface area contributed by atoms with E-state index in [2.05, 4.69) is 20.5 Å². The van der Waals surface area contributed by atoms with Gasteiger partial charge in [0.15, 0.2) is 5.78 Å². The van der Waals surface area contributed by atoms with Gasteiger partial charge in [0.05, 0.1) is 6.04 Å². The minimum atomic E-state index is -0.0299. The van der Waals surface area contributed by atoms with Crippen LogP contribution < -0.4 is 10.6 Å². The van der Waals surface area contributed by atoms with Crippen LogP contribution in [0.4, 0.5) is 5.69 Å². The Morgan fingerprint density at radius 3 is 2.73 bits per heavy atom. The Kier molecular flexibility index (Phi) is 5.80. The molecule has 0 spiro atoms. The lowest BCUT2D eigenvalue weighted by atomic mass is 10.1. The number of benzene rings is 1. The number of hydrogen-bond donors (Lipinski definition) is 2. The summed E-state index contributed by atoms with van der Waals surface area (Å²) < 4.78 is 2.03. The van der Waals surface area contributed by atoms with Crippen molar-refractivity contribution in [3.8, 4) is 0 Å². The van der Waals surface area contributed by atoms with E-state index in [1.807, 2.05) is 17.8 Å². The van der Waals surface area contributed by atoms with Crippen LogP contribution in [-0.4, -0.2) is 52.3 Å². The molecule has 0 saturated carbocycles. The fourth-order valence-electron chi connectivity index (χ4n) is 3.22. The van der Waals surface area contributed by atoms with E-state index in [-0.39, 0.29) is 17.7 Å². The zero-order chi connectivity index (χ0) is 18.5. The molecule has 0 radical (unpaired) electrons. The number of piperazine rings is 1. The lowest BCUT2D eigenvalue weighted by Gasteiger charge is -2.35. The summed E-state index contributed by atoms with van der Waals surface area (Å²) in [6.45, 7) is 4.84. The monoisotopic (exact) mass is 355 g/mol. The molecule has 1 aromatic heterocycles. The average Bonchev–Trinajstić information content (AvgIpc) is 3.06. The molecule has 1 amide bonds. The highest BCUT2D eigenvalue weighted by Gasteiger charge is 2.26. The van der Waals surface area contributed by atoms with Crippen LogP contribution >= 0.6 is 0 Å². The number of aromatic nitrogens is 2. The molecule has 1 aliphatic rings. The summed E-state index contributed by atoms with van der Waals surface area (Å²) in [4.78, 5) is 30.4. The molecule has 1 fully saturated rings. The minimum absolute atomic E-state index is 0.0157. The van der Waals surface area contributed by atoms with Crippen molar-refractivity contribution in [3.05, 3.63) is 48.0 Å². The van der Waals surface area contributed by atoms with Gasteiger partial charge in [-0.05, 0) is 31.2 Å². The quantitative estimate of drug-likeness (QED) is 0.770. The van der Waals surface area contributed by atoms with Crippen LogP contribution in [0, 0.1) is 0 Å². The number of nitrogens with zero attached hydrogens (tertiary/aromatic N) is 3. The summed E-state index contributed by atoms with van der Waals surface area (Å²) in [6.07, 6.45) is 4.16. The summed E-state index contributed by atoms with van der Waals surface area (Å²) in [5.41, 5.74) is 1.35. The third-order valence-electron chi connectivity index (χ3n) is 4.71. The predicted molar refractivity (Wildman–Crippen MR) is 100 cm³/mol. The SMILES string of the molecule is CC(=O)c1ccc(NC(=O)CCN2CCNCC2c2nccn2C)cc1. The van der Waals surface area contributed by atoms with Gasteiger partial charge in [0.1, 0.15) is 5.82 Å². The molecule has 0 bridgehead atoms. The van der Waals surface area contributed by atoms with Gasteiger partial charge in [-0.1, -0.05) is 0 Å². The maximum Gasteiger partial charge on any atom is 0.225 e. The molecule has 7 heteroatoms. The van der Waals surface area contributed by atoms with Crippen LogP contribution in [0.2, 0.25) is 0 Å². The van der Waals surface area contributed by atoms with E-state index in [1.165, 1.54) is 6.92 Å². The van der Waals surface area contributed by atoms with E-state index in [0.29, 0.717) is 24.2 Å². The van der Waals surface area contributed by atoms with Crippen molar-refractivity contribution < 1.29 is 9.59 Å². The van der Waals surface area contributed by atoms with Crippen molar-refractivity contribution in [1.29, 1.82) is 0 Å². The predicted octanol–water partition coefficient (Wildman–Crippen LogP) is 1.60. The zero-order valence-electron chi connectivity index (χ0n) is 15.2. The van der Waals surface area contributed by atoms with Crippen molar-refractivity contribution >= 4 is 17.4 Å². The van der Waals surface area contributed by atoms with Gasteiger partial charge in [0.2, 0.25) is 5.91 Å². The van der Waals surface area contributed by atoms with E-state index in [1.54, 1.807) is 30.5 Å². The van der Waals surface area contributed by atoms with Gasteiger partial charge >= 0.3 is 0 Å². The normalized spacial score (nSPS) is 17.8. The van der Waals surface area contributed by atoms with Crippen molar-refractivity contribution in [1.82, 2.24) is 19.8 Å². The van der Waals surface area contributed by atoms with Gasteiger partial charge in [-0.3, -0.25) is 14.5 Å². The standard InChI is InChI=1S/C19H25N5O2/c1-14(25)15-3-5-16(6-4-15)22-18(26)7-10-24-12-8-20-13-17(24)19-21-9-11-23(19)2/h3-6,9,11,17,20H,7-8,10,12-13H2,1-2H3,(H,22,26). The van der Waals surface area contributed by atoms with E-state index in [0.717, 1.165) is 25.5 Å². The summed E-state index contributed by atoms with van der Waals surface area (Å²) in [5.74, 6) is 0.997. The number of anilines is 1. The Morgan fingerprint density at radius 1 is 1.31 bits per heavy atom. The molecular formula is C19H25N5O2. The molecule has 1 aliphatic heterocycles. The summed E-state index contributed by atoms with van der Waals surface area (Å²) >= 11 is 0. The second-order valence-electron chi connectivity index (χ2n) is 6.58. The highest BCUT2D eigenvalue weighted by atomic mass is 16.1. The Morgan fingerprint density at radius 2 is 2.08 bits per heavy atom. The first kappa shape index (κ1) is 18.3. The summed E-state index contributed by atoms with van der Waals surface area (Å²) in [5, 5.41) is 6.29. The van der Waals surface area contributed by atoms with Crippen LogP contribution in [0.25, 0.3) is 0 Å². The van der Waals surface area contributed by atoms with Gasteiger partial charge in [0, 0.05) is 63.3 Å². The van der Waals surface area contributed by atoms with E-state index >= 15 is 0 Å². The Labute approximate surface area is 153 Å². The van der Waals surface area contributed by atoms with Crippen molar-refractivity contribution in [2.45, 2.75) is 19.4 Å². The lowest BCUT2D eigenvalue weighted by Crippen LogP contribution is -2.47. The van der Waals surface area contributed by atoms with Crippen molar-refractivity contribution in [2.24, 2.45) is 7.05 Å². The third-order valence-corrected chi connectivity index (χ3v) is 4.71. The number of rotatable bonds is 6. The molecule has 1 aromatic carbocycles. The maximum absolute atomic E-state index is 12.3. The first-order valence-electron chi connectivity index (χ1n) is 8.87. The molecule has 7 nitrogen and oxygen atoms in total. The van der Waals surface area contributed by atoms with Crippen LogP contribution in [0.15, 0.2) is 36.7 Å². The van der Waals surface area contributed by atoms with E-state index < -0.39 is 0 Å². The van der Waals surface area contributed by atoms with Crippen LogP contribution in [-0.2, 0) is 11.8 Å². The van der Waals surface area contributed by atoms with E-state index in [4.69, 9.17) is 0 Å².